The van der Waals surface area contributed by atoms with Gasteiger partial charge in [-0.05, 0) is 54.9 Å². The molecule has 0 bridgehead atoms. The van der Waals surface area contributed by atoms with Gasteiger partial charge in [-0.3, -0.25) is 0 Å². The lowest BCUT2D eigenvalue weighted by Gasteiger charge is -2.07. The lowest BCUT2D eigenvalue weighted by atomic mass is 10.2. The van der Waals surface area contributed by atoms with E-state index >= 15 is 0 Å². The first-order valence-electron chi connectivity index (χ1n) is 7.21. The van der Waals surface area contributed by atoms with Gasteiger partial charge in [0.05, 0.1) is 0 Å². The van der Waals surface area contributed by atoms with Gasteiger partial charge in [-0.2, -0.15) is 0 Å². The minimum Gasteiger partial charge on any atom is -0.508 e. The van der Waals surface area contributed by atoms with Gasteiger partial charge in [-0.25, -0.2) is 0 Å². The van der Waals surface area contributed by atoms with E-state index in [2.05, 4.69) is 10.6 Å². The lowest BCUT2D eigenvalue weighted by Crippen LogP contribution is -2.21. The van der Waals surface area contributed by atoms with Crippen LogP contribution in [0.4, 0.5) is 0 Å². The molecular formula is C17H22N2O2. The van der Waals surface area contributed by atoms with E-state index in [1.165, 1.54) is 0 Å². The number of aromatic hydroxyl groups is 2. The molecule has 0 aliphatic heterocycles. The maximum atomic E-state index is 9.36. The van der Waals surface area contributed by atoms with Crippen molar-refractivity contribution >= 4 is 0 Å². The third kappa shape index (κ3) is 5.85. The van der Waals surface area contributed by atoms with Crippen molar-refractivity contribution in [2.24, 2.45) is 0 Å². The van der Waals surface area contributed by atoms with Crippen molar-refractivity contribution in [3.05, 3.63) is 59.7 Å². The minimum atomic E-state index is 0.307. The van der Waals surface area contributed by atoms with Crippen molar-refractivity contribution in [3.63, 3.8) is 0 Å². The van der Waals surface area contributed by atoms with E-state index < -0.39 is 0 Å². The number of hydrogen-bond acceptors (Lipinski definition) is 4. The highest BCUT2D eigenvalue weighted by molar-refractivity contribution is 5.27. The fourth-order valence-electron chi connectivity index (χ4n) is 2.14. The van der Waals surface area contributed by atoms with Crippen LogP contribution in [-0.4, -0.2) is 23.3 Å². The van der Waals surface area contributed by atoms with Crippen LogP contribution in [-0.2, 0) is 13.1 Å². The Morgan fingerprint density at radius 3 is 1.62 bits per heavy atom. The summed E-state index contributed by atoms with van der Waals surface area (Å²) >= 11 is 0. The van der Waals surface area contributed by atoms with Gasteiger partial charge in [0.2, 0.25) is 0 Å². The zero-order valence-electron chi connectivity index (χ0n) is 12.0. The standard InChI is InChI=1S/C17H22N2O2/c20-16-6-1-4-14(10-16)12-18-8-3-9-19-13-15-5-2-7-17(21)11-15/h1-2,4-7,10-11,18-21H,3,8-9,12-13H2. The summed E-state index contributed by atoms with van der Waals surface area (Å²) in [6.45, 7) is 3.37. The highest BCUT2D eigenvalue weighted by Gasteiger charge is 1.96. The average Bonchev–Trinajstić information content (AvgIpc) is 2.46. The second-order valence-corrected chi connectivity index (χ2v) is 5.05. The van der Waals surface area contributed by atoms with Crippen molar-refractivity contribution in [2.45, 2.75) is 19.5 Å². The van der Waals surface area contributed by atoms with Crippen LogP contribution in [0.5, 0.6) is 11.5 Å². The van der Waals surface area contributed by atoms with Crippen LogP contribution < -0.4 is 10.6 Å². The van der Waals surface area contributed by atoms with Gasteiger partial charge in [-0.15, -0.1) is 0 Å². The summed E-state index contributed by atoms with van der Waals surface area (Å²) in [6, 6.07) is 14.6. The van der Waals surface area contributed by atoms with Gasteiger partial charge in [0.15, 0.2) is 0 Å². The molecule has 112 valence electrons. The topological polar surface area (TPSA) is 64.5 Å². The molecule has 4 heteroatoms. The summed E-state index contributed by atoms with van der Waals surface area (Å²) in [4.78, 5) is 0. The number of phenols is 2. The van der Waals surface area contributed by atoms with Crippen LogP contribution >= 0.6 is 0 Å². The Kier molecular flexibility index (Phi) is 6.06. The first-order chi connectivity index (χ1) is 10.2. The number of rotatable bonds is 8. The molecule has 0 fully saturated rings. The molecule has 2 aromatic carbocycles. The maximum absolute atomic E-state index is 9.36. The normalized spacial score (nSPS) is 10.7. The molecule has 0 saturated heterocycles. The number of nitrogens with one attached hydrogen (secondary N) is 2. The number of benzene rings is 2. The van der Waals surface area contributed by atoms with Gasteiger partial charge in [-0.1, -0.05) is 24.3 Å². The summed E-state index contributed by atoms with van der Waals surface area (Å²) in [6.07, 6.45) is 1.03. The average molecular weight is 286 g/mol. The molecule has 0 aliphatic rings. The fourth-order valence-corrected chi connectivity index (χ4v) is 2.14. The van der Waals surface area contributed by atoms with Crippen LogP contribution in [0.25, 0.3) is 0 Å². The van der Waals surface area contributed by atoms with Crippen molar-refractivity contribution in [1.82, 2.24) is 10.6 Å². The molecule has 21 heavy (non-hydrogen) atoms. The predicted molar refractivity (Wildman–Crippen MR) is 84.2 cm³/mol. The van der Waals surface area contributed by atoms with Crippen LogP contribution in [0, 0.1) is 0 Å². The zero-order valence-corrected chi connectivity index (χ0v) is 12.0. The number of phenolic OH excluding ortho intramolecular Hbond substituents is 2. The Morgan fingerprint density at radius 2 is 1.19 bits per heavy atom. The number of hydrogen-bond donors (Lipinski definition) is 4. The van der Waals surface area contributed by atoms with Crippen molar-refractivity contribution in [2.75, 3.05) is 13.1 Å². The second-order valence-electron chi connectivity index (χ2n) is 5.05. The molecule has 0 saturated carbocycles. The summed E-state index contributed by atoms with van der Waals surface area (Å²) in [5.74, 6) is 0.615. The molecule has 0 aromatic heterocycles. The minimum absolute atomic E-state index is 0.307. The molecule has 0 atom stereocenters. The van der Waals surface area contributed by atoms with E-state index in [4.69, 9.17) is 0 Å². The molecule has 4 nitrogen and oxygen atoms in total. The molecule has 4 N–H and O–H groups in total. The summed E-state index contributed by atoms with van der Waals surface area (Å²) in [5.41, 5.74) is 2.17. The van der Waals surface area contributed by atoms with E-state index in [1.54, 1.807) is 24.3 Å². The van der Waals surface area contributed by atoms with Crippen LogP contribution in [0.1, 0.15) is 17.5 Å². The molecule has 0 radical (unpaired) electrons. The Hall–Kier alpha value is -2.04. The quantitative estimate of drug-likeness (QED) is 0.563. The molecule has 0 spiro atoms. The maximum Gasteiger partial charge on any atom is 0.115 e. The van der Waals surface area contributed by atoms with Gasteiger partial charge in [0, 0.05) is 13.1 Å². The van der Waals surface area contributed by atoms with Crippen LogP contribution in [0.2, 0.25) is 0 Å². The van der Waals surface area contributed by atoms with E-state index in [-0.39, 0.29) is 0 Å². The SMILES string of the molecule is Oc1cccc(CNCCCNCc2cccc(O)c2)c1. The molecule has 0 heterocycles. The summed E-state index contributed by atoms with van der Waals surface area (Å²) in [5, 5.41) is 25.4. The smallest absolute Gasteiger partial charge is 0.115 e. The van der Waals surface area contributed by atoms with Crippen LogP contribution in [0.3, 0.4) is 0 Å². The van der Waals surface area contributed by atoms with Gasteiger partial charge in [0.25, 0.3) is 0 Å². The molecule has 0 aliphatic carbocycles. The monoisotopic (exact) mass is 286 g/mol. The van der Waals surface area contributed by atoms with Gasteiger partial charge >= 0.3 is 0 Å². The fraction of sp³-hybridized carbons (Fsp3) is 0.294. The van der Waals surface area contributed by atoms with Crippen LogP contribution in [0.15, 0.2) is 48.5 Å². The Labute approximate surface area is 125 Å². The van der Waals surface area contributed by atoms with Gasteiger partial charge in [0.1, 0.15) is 11.5 Å². The van der Waals surface area contributed by atoms with E-state index in [0.29, 0.717) is 11.5 Å². The third-order valence-corrected chi connectivity index (χ3v) is 3.19. The highest BCUT2D eigenvalue weighted by Crippen LogP contribution is 2.11. The third-order valence-electron chi connectivity index (χ3n) is 3.19. The highest BCUT2D eigenvalue weighted by atomic mass is 16.3. The van der Waals surface area contributed by atoms with Crippen molar-refractivity contribution in [1.29, 1.82) is 0 Å². The Morgan fingerprint density at radius 1 is 0.714 bits per heavy atom. The van der Waals surface area contributed by atoms with E-state index in [0.717, 1.165) is 43.7 Å². The molecule has 2 rings (SSSR count). The largest absolute Gasteiger partial charge is 0.508 e. The Bertz CT molecular complexity index is 508. The van der Waals surface area contributed by atoms with E-state index in [1.807, 2.05) is 24.3 Å². The molecule has 0 unspecified atom stereocenters. The van der Waals surface area contributed by atoms with Crippen molar-refractivity contribution in [3.8, 4) is 11.5 Å². The zero-order chi connectivity index (χ0) is 14.9. The second kappa shape index (κ2) is 8.29. The molecule has 2 aromatic rings. The molecular weight excluding hydrogens is 264 g/mol. The lowest BCUT2D eigenvalue weighted by molar-refractivity contribution is 0.473. The first-order valence-corrected chi connectivity index (χ1v) is 7.21. The summed E-state index contributed by atoms with van der Waals surface area (Å²) < 4.78 is 0. The van der Waals surface area contributed by atoms with Gasteiger partial charge < -0.3 is 20.8 Å². The van der Waals surface area contributed by atoms with E-state index in [9.17, 15) is 10.2 Å². The predicted octanol–water partition coefficient (Wildman–Crippen LogP) is 2.37. The van der Waals surface area contributed by atoms with Crippen molar-refractivity contribution < 1.29 is 10.2 Å². The Balaban J connectivity index is 1.54. The molecule has 0 amide bonds. The first kappa shape index (κ1) is 15.4. The summed E-state index contributed by atoms with van der Waals surface area (Å²) in [7, 11) is 0.